The minimum Gasteiger partial charge on any atom is -0.309 e. The van der Waals surface area contributed by atoms with Gasteiger partial charge >= 0.3 is 0 Å². The van der Waals surface area contributed by atoms with Crippen molar-refractivity contribution in [3.63, 3.8) is 0 Å². The monoisotopic (exact) mass is 654 g/mol. The van der Waals surface area contributed by atoms with Crippen LogP contribution in [0, 0.1) is 0 Å². The minimum atomic E-state index is 0.952. The van der Waals surface area contributed by atoms with Crippen molar-refractivity contribution >= 4 is 53.3 Å². The zero-order valence-corrected chi connectivity index (χ0v) is 27.9. The number of benzene rings is 7. The minimum absolute atomic E-state index is 0.952. The van der Waals surface area contributed by atoms with Crippen molar-refractivity contribution in [1.82, 2.24) is 9.55 Å². The van der Waals surface area contributed by atoms with Gasteiger partial charge in [-0.1, -0.05) is 146 Å². The van der Waals surface area contributed by atoms with Gasteiger partial charge in [0.05, 0.1) is 22.4 Å². The molecule has 2 nitrogen and oxygen atoms in total. The fraction of sp³-hybridized carbons (Fsp3) is 0. The summed E-state index contributed by atoms with van der Waals surface area (Å²) in [7, 11) is 0. The van der Waals surface area contributed by atoms with Crippen molar-refractivity contribution in [3.8, 4) is 50.5 Å². The van der Waals surface area contributed by atoms with E-state index in [1.165, 1.54) is 47.6 Å². The summed E-state index contributed by atoms with van der Waals surface area (Å²) in [6.07, 6.45) is 0. The predicted octanol–water partition coefficient (Wildman–Crippen LogP) is 13.2. The molecule has 0 aliphatic carbocycles. The molecule has 0 unspecified atom stereocenters. The zero-order chi connectivity index (χ0) is 33.0. The Hall–Kier alpha value is -6.29. The average Bonchev–Trinajstić information content (AvgIpc) is 3.75. The van der Waals surface area contributed by atoms with Crippen LogP contribution in [-0.2, 0) is 0 Å². The van der Waals surface area contributed by atoms with Crippen LogP contribution in [0.5, 0.6) is 0 Å². The molecule has 0 saturated carbocycles. The van der Waals surface area contributed by atoms with Crippen molar-refractivity contribution in [2.75, 3.05) is 0 Å². The van der Waals surface area contributed by atoms with Gasteiger partial charge in [-0.15, -0.1) is 11.3 Å². The average molecular weight is 655 g/mol. The van der Waals surface area contributed by atoms with E-state index in [-0.39, 0.29) is 0 Å². The molecule has 0 saturated heterocycles. The second kappa shape index (κ2) is 11.7. The van der Waals surface area contributed by atoms with Gasteiger partial charge in [-0.3, -0.25) is 0 Å². The molecule has 0 aliphatic heterocycles. The number of hydrogen-bond acceptors (Lipinski definition) is 2. The molecule has 3 heterocycles. The quantitative estimate of drug-likeness (QED) is 0.181. The van der Waals surface area contributed by atoms with Crippen molar-refractivity contribution < 1.29 is 0 Å². The standard InChI is InChI=1S/C47H30N2S/c1-3-13-31(14-4-1)32-25-27-33(28-26-32)34-29-42(48-43(30-34)41-22-12-20-39-37-18-8-10-24-45(37)50-47(39)41)40-21-11-19-38-36-17-7-9-23-44(36)49(46(38)40)35-15-5-2-6-16-35/h1-30H. The summed E-state index contributed by atoms with van der Waals surface area (Å²) in [5, 5.41) is 5.01. The van der Waals surface area contributed by atoms with E-state index in [1.54, 1.807) is 0 Å². The van der Waals surface area contributed by atoms with Crippen molar-refractivity contribution in [2.45, 2.75) is 0 Å². The molecule has 234 valence electrons. The van der Waals surface area contributed by atoms with Crippen molar-refractivity contribution in [1.29, 1.82) is 0 Å². The Morgan fingerprint density at radius 2 is 0.960 bits per heavy atom. The Morgan fingerprint density at radius 1 is 0.400 bits per heavy atom. The van der Waals surface area contributed by atoms with Gasteiger partial charge in [0, 0.05) is 47.8 Å². The molecule has 10 aromatic rings. The maximum atomic E-state index is 5.53. The van der Waals surface area contributed by atoms with Gasteiger partial charge in [0.25, 0.3) is 0 Å². The first-order valence-electron chi connectivity index (χ1n) is 17.0. The van der Waals surface area contributed by atoms with E-state index < -0.39 is 0 Å². The van der Waals surface area contributed by atoms with Crippen LogP contribution in [0.15, 0.2) is 182 Å². The summed E-state index contributed by atoms with van der Waals surface area (Å²) >= 11 is 1.85. The van der Waals surface area contributed by atoms with Gasteiger partial charge in [-0.05, 0) is 58.7 Å². The Kier molecular flexibility index (Phi) is 6.71. The third-order valence-corrected chi connectivity index (χ3v) is 11.0. The van der Waals surface area contributed by atoms with Gasteiger partial charge in [-0.2, -0.15) is 0 Å². The van der Waals surface area contributed by atoms with Crippen molar-refractivity contribution in [3.05, 3.63) is 182 Å². The van der Waals surface area contributed by atoms with E-state index in [9.17, 15) is 0 Å². The molecular weight excluding hydrogens is 625 g/mol. The highest BCUT2D eigenvalue weighted by Gasteiger charge is 2.19. The van der Waals surface area contributed by atoms with Crippen LogP contribution in [0.4, 0.5) is 0 Å². The smallest absolute Gasteiger partial charge is 0.0737 e. The third kappa shape index (κ3) is 4.67. The molecule has 7 aromatic carbocycles. The topological polar surface area (TPSA) is 17.8 Å². The van der Waals surface area contributed by atoms with Crippen LogP contribution in [0.1, 0.15) is 0 Å². The molecule has 0 N–H and O–H groups in total. The van der Waals surface area contributed by atoms with E-state index in [2.05, 4.69) is 187 Å². The number of aromatic nitrogens is 2. The predicted molar refractivity (Wildman–Crippen MR) is 213 cm³/mol. The molecule has 3 heteroatoms. The first kappa shape index (κ1) is 28.7. The lowest BCUT2D eigenvalue weighted by Gasteiger charge is -2.14. The second-order valence-electron chi connectivity index (χ2n) is 12.7. The zero-order valence-electron chi connectivity index (χ0n) is 27.1. The molecule has 0 fully saturated rings. The Morgan fingerprint density at radius 3 is 1.74 bits per heavy atom. The maximum Gasteiger partial charge on any atom is 0.0737 e. The molecule has 0 amide bonds. The summed E-state index contributed by atoms with van der Waals surface area (Å²) in [5.41, 5.74) is 12.4. The molecule has 0 bridgehead atoms. The largest absolute Gasteiger partial charge is 0.309 e. The number of hydrogen-bond donors (Lipinski definition) is 0. The lowest BCUT2D eigenvalue weighted by Crippen LogP contribution is -1.97. The van der Waals surface area contributed by atoms with E-state index in [0.29, 0.717) is 0 Å². The molecule has 10 rings (SSSR count). The van der Waals surface area contributed by atoms with Gasteiger partial charge in [0.15, 0.2) is 0 Å². The number of rotatable bonds is 5. The van der Waals surface area contributed by atoms with Crippen LogP contribution in [0.25, 0.3) is 92.4 Å². The van der Waals surface area contributed by atoms with Crippen LogP contribution in [-0.4, -0.2) is 9.55 Å². The summed E-state index contributed by atoms with van der Waals surface area (Å²) < 4.78 is 4.95. The van der Waals surface area contributed by atoms with E-state index in [1.807, 2.05) is 11.3 Å². The lowest BCUT2D eigenvalue weighted by molar-refractivity contribution is 1.18. The second-order valence-corrected chi connectivity index (χ2v) is 13.8. The molecule has 0 aliphatic rings. The third-order valence-electron chi connectivity index (χ3n) is 9.82. The van der Waals surface area contributed by atoms with Crippen LogP contribution in [0.2, 0.25) is 0 Å². The highest BCUT2D eigenvalue weighted by molar-refractivity contribution is 7.26. The summed E-state index contributed by atoms with van der Waals surface area (Å²) in [5.74, 6) is 0. The molecule has 3 aromatic heterocycles. The van der Waals surface area contributed by atoms with Crippen molar-refractivity contribution in [2.24, 2.45) is 0 Å². The summed E-state index contributed by atoms with van der Waals surface area (Å²) in [6.45, 7) is 0. The molecule has 50 heavy (non-hydrogen) atoms. The number of fused-ring (bicyclic) bond motifs is 6. The SMILES string of the molecule is c1ccc(-c2ccc(-c3cc(-c4cccc5c4sc4ccccc45)nc(-c4cccc5c6ccccc6n(-c6ccccc6)c45)c3)cc2)cc1. The number of thiophene rings is 1. The first-order chi connectivity index (χ1) is 24.8. The number of pyridine rings is 1. The Balaban J connectivity index is 1.25. The highest BCUT2D eigenvalue weighted by atomic mass is 32.1. The molecular formula is C47H30N2S. The van der Waals surface area contributed by atoms with Gasteiger partial charge in [-0.25, -0.2) is 4.98 Å². The van der Waals surface area contributed by atoms with E-state index in [0.717, 1.165) is 44.8 Å². The fourth-order valence-electron chi connectivity index (χ4n) is 7.48. The fourth-order valence-corrected chi connectivity index (χ4v) is 8.70. The van der Waals surface area contributed by atoms with E-state index in [4.69, 9.17) is 4.98 Å². The molecule has 0 atom stereocenters. The highest BCUT2D eigenvalue weighted by Crippen LogP contribution is 2.43. The first-order valence-corrected chi connectivity index (χ1v) is 17.8. The lowest BCUT2D eigenvalue weighted by atomic mass is 9.96. The van der Waals surface area contributed by atoms with E-state index >= 15 is 0 Å². The van der Waals surface area contributed by atoms with Gasteiger partial charge < -0.3 is 4.57 Å². The summed E-state index contributed by atoms with van der Waals surface area (Å²) in [6, 6.07) is 65.4. The van der Waals surface area contributed by atoms with Crippen LogP contribution >= 0.6 is 11.3 Å². The van der Waals surface area contributed by atoms with Gasteiger partial charge in [0.2, 0.25) is 0 Å². The molecule has 0 spiro atoms. The summed E-state index contributed by atoms with van der Waals surface area (Å²) in [4.78, 5) is 5.53. The normalized spacial score (nSPS) is 11.6. The van der Waals surface area contributed by atoms with Gasteiger partial charge in [0.1, 0.15) is 0 Å². The maximum absolute atomic E-state index is 5.53. The van der Waals surface area contributed by atoms with Crippen LogP contribution < -0.4 is 0 Å². The number of para-hydroxylation sites is 3. The molecule has 0 radical (unpaired) electrons. The van der Waals surface area contributed by atoms with Crippen LogP contribution in [0.3, 0.4) is 0 Å². The number of nitrogens with zero attached hydrogens (tertiary/aromatic N) is 2. The Labute approximate surface area is 294 Å². The Bertz CT molecular complexity index is 2850.